The molecule has 0 aliphatic carbocycles. The van der Waals surface area contributed by atoms with Crippen LogP contribution in [0.15, 0.2) is 36.4 Å². The van der Waals surface area contributed by atoms with Crippen molar-refractivity contribution in [1.82, 2.24) is 0 Å². The van der Waals surface area contributed by atoms with Crippen molar-refractivity contribution >= 4 is 11.6 Å². The fourth-order valence-corrected chi connectivity index (χ4v) is 2.98. The second-order valence-corrected chi connectivity index (χ2v) is 5.92. The summed E-state index contributed by atoms with van der Waals surface area (Å²) in [6.07, 6.45) is 1.46. The Morgan fingerprint density at radius 3 is 2.95 bits per heavy atom. The lowest BCUT2D eigenvalue weighted by Gasteiger charge is -2.14. The zero-order valence-electron chi connectivity index (χ0n) is 11.8. The molecule has 0 saturated heterocycles. The van der Waals surface area contributed by atoms with E-state index in [1.54, 1.807) is 12.1 Å². The van der Waals surface area contributed by atoms with Gasteiger partial charge in [0.15, 0.2) is 0 Å². The van der Waals surface area contributed by atoms with Gasteiger partial charge in [0, 0.05) is 23.0 Å². The molecule has 4 heteroatoms. The van der Waals surface area contributed by atoms with Gasteiger partial charge < -0.3 is 10.5 Å². The van der Waals surface area contributed by atoms with Crippen molar-refractivity contribution in [2.45, 2.75) is 31.9 Å². The Morgan fingerprint density at radius 1 is 1.38 bits per heavy atom. The van der Waals surface area contributed by atoms with E-state index < -0.39 is 0 Å². The summed E-state index contributed by atoms with van der Waals surface area (Å²) >= 11 is 6.06. The van der Waals surface area contributed by atoms with Crippen LogP contribution >= 0.6 is 11.6 Å². The Kier molecular flexibility index (Phi) is 3.87. The summed E-state index contributed by atoms with van der Waals surface area (Å²) in [6.45, 7) is 2.04. The first-order valence-electron chi connectivity index (χ1n) is 7.02. The van der Waals surface area contributed by atoms with Gasteiger partial charge in [-0.25, -0.2) is 4.39 Å². The Morgan fingerprint density at radius 2 is 2.19 bits per heavy atom. The van der Waals surface area contributed by atoms with Crippen LogP contribution in [0.1, 0.15) is 29.7 Å². The summed E-state index contributed by atoms with van der Waals surface area (Å²) in [5, 5.41) is 0.420. The van der Waals surface area contributed by atoms with Gasteiger partial charge in [0.2, 0.25) is 0 Å². The smallest absolute Gasteiger partial charge is 0.127 e. The van der Waals surface area contributed by atoms with Crippen molar-refractivity contribution in [3.8, 4) is 5.75 Å². The number of ether oxygens (including phenoxy) is 1. The number of benzene rings is 2. The SMILES string of the molecule is CC1Cc2cc(C(N)Cc3c(F)cccc3Cl)ccc2O1. The van der Waals surface area contributed by atoms with Crippen molar-refractivity contribution in [3.63, 3.8) is 0 Å². The molecule has 2 nitrogen and oxygen atoms in total. The predicted octanol–water partition coefficient (Wildman–Crippen LogP) is 4.05. The summed E-state index contributed by atoms with van der Waals surface area (Å²) in [5.41, 5.74) is 8.84. The lowest BCUT2D eigenvalue weighted by atomic mass is 9.97. The quantitative estimate of drug-likeness (QED) is 0.928. The van der Waals surface area contributed by atoms with E-state index in [2.05, 4.69) is 6.07 Å². The molecule has 2 aromatic carbocycles. The van der Waals surface area contributed by atoms with E-state index in [0.717, 1.165) is 23.3 Å². The Hall–Kier alpha value is -1.58. The van der Waals surface area contributed by atoms with E-state index in [0.29, 0.717) is 17.0 Å². The van der Waals surface area contributed by atoms with Crippen LogP contribution in [0.5, 0.6) is 5.75 Å². The summed E-state index contributed by atoms with van der Waals surface area (Å²) < 4.78 is 19.5. The van der Waals surface area contributed by atoms with Gasteiger partial charge in [-0.05, 0) is 42.7 Å². The van der Waals surface area contributed by atoms with E-state index in [1.165, 1.54) is 6.07 Å². The second kappa shape index (κ2) is 5.66. The molecule has 1 heterocycles. The van der Waals surface area contributed by atoms with E-state index >= 15 is 0 Å². The lowest BCUT2D eigenvalue weighted by molar-refractivity contribution is 0.254. The third-order valence-electron chi connectivity index (χ3n) is 3.83. The molecule has 0 spiro atoms. The summed E-state index contributed by atoms with van der Waals surface area (Å²) in [7, 11) is 0. The zero-order valence-corrected chi connectivity index (χ0v) is 12.5. The molecule has 0 aromatic heterocycles. The van der Waals surface area contributed by atoms with Crippen LogP contribution in [0.3, 0.4) is 0 Å². The fraction of sp³-hybridized carbons (Fsp3) is 0.294. The number of nitrogens with two attached hydrogens (primary N) is 1. The molecule has 0 amide bonds. The fourth-order valence-electron chi connectivity index (χ4n) is 2.74. The van der Waals surface area contributed by atoms with Gasteiger partial charge in [0.1, 0.15) is 17.7 Å². The molecular weight excluding hydrogens is 289 g/mol. The van der Waals surface area contributed by atoms with Crippen molar-refractivity contribution < 1.29 is 9.13 Å². The second-order valence-electron chi connectivity index (χ2n) is 5.51. The van der Waals surface area contributed by atoms with E-state index in [-0.39, 0.29) is 18.0 Å². The minimum Gasteiger partial charge on any atom is -0.490 e. The maximum absolute atomic E-state index is 13.8. The first-order valence-corrected chi connectivity index (χ1v) is 7.40. The molecule has 21 heavy (non-hydrogen) atoms. The molecule has 2 atom stereocenters. The molecule has 0 bridgehead atoms. The number of halogens is 2. The molecule has 2 unspecified atom stereocenters. The predicted molar refractivity (Wildman–Crippen MR) is 82.3 cm³/mol. The topological polar surface area (TPSA) is 35.2 Å². The van der Waals surface area contributed by atoms with Crippen LogP contribution in [0.4, 0.5) is 4.39 Å². The highest BCUT2D eigenvalue weighted by Gasteiger charge is 2.21. The monoisotopic (exact) mass is 305 g/mol. The van der Waals surface area contributed by atoms with Gasteiger partial charge in [-0.2, -0.15) is 0 Å². The Balaban J connectivity index is 1.83. The first kappa shape index (κ1) is 14.4. The normalized spacial score (nSPS) is 18.2. The van der Waals surface area contributed by atoms with Crippen LogP contribution in [-0.4, -0.2) is 6.10 Å². The Bertz CT molecular complexity index is 654. The van der Waals surface area contributed by atoms with Crippen molar-refractivity contribution in [3.05, 3.63) is 63.9 Å². The lowest BCUT2D eigenvalue weighted by Crippen LogP contribution is -2.14. The summed E-state index contributed by atoms with van der Waals surface area (Å²) in [6, 6.07) is 10.3. The van der Waals surface area contributed by atoms with Gasteiger partial charge in [-0.15, -0.1) is 0 Å². The van der Waals surface area contributed by atoms with Crippen molar-refractivity contribution in [1.29, 1.82) is 0 Å². The summed E-state index contributed by atoms with van der Waals surface area (Å²) in [5.74, 6) is 0.610. The molecule has 110 valence electrons. The van der Waals surface area contributed by atoms with Crippen LogP contribution in [0.25, 0.3) is 0 Å². The number of hydrogen-bond donors (Lipinski definition) is 1. The largest absolute Gasteiger partial charge is 0.490 e. The number of rotatable bonds is 3. The first-order chi connectivity index (χ1) is 10.0. The molecule has 3 rings (SSSR count). The third-order valence-corrected chi connectivity index (χ3v) is 4.19. The molecular formula is C17H17ClFNO. The number of fused-ring (bicyclic) bond motifs is 1. The highest BCUT2D eigenvalue weighted by atomic mass is 35.5. The third kappa shape index (κ3) is 2.89. The minimum absolute atomic E-state index is 0.201. The van der Waals surface area contributed by atoms with E-state index in [9.17, 15) is 4.39 Å². The van der Waals surface area contributed by atoms with Crippen LogP contribution in [0, 0.1) is 5.82 Å². The van der Waals surface area contributed by atoms with Crippen molar-refractivity contribution in [2.75, 3.05) is 0 Å². The standard InChI is InChI=1S/C17H17ClFNO/c1-10-7-12-8-11(5-6-17(12)21-10)16(20)9-13-14(18)3-2-4-15(13)19/h2-6,8,10,16H,7,9,20H2,1H3. The highest BCUT2D eigenvalue weighted by Crippen LogP contribution is 2.32. The van der Waals surface area contributed by atoms with E-state index in [4.69, 9.17) is 22.1 Å². The van der Waals surface area contributed by atoms with Crippen molar-refractivity contribution in [2.24, 2.45) is 5.73 Å². The van der Waals surface area contributed by atoms with Crippen LogP contribution in [-0.2, 0) is 12.8 Å². The average molecular weight is 306 g/mol. The molecule has 0 saturated carbocycles. The maximum atomic E-state index is 13.8. The number of hydrogen-bond acceptors (Lipinski definition) is 2. The highest BCUT2D eigenvalue weighted by molar-refractivity contribution is 6.31. The summed E-state index contributed by atoms with van der Waals surface area (Å²) in [4.78, 5) is 0. The molecule has 0 radical (unpaired) electrons. The van der Waals surface area contributed by atoms with Gasteiger partial charge in [0.05, 0.1) is 0 Å². The van der Waals surface area contributed by atoms with Crippen LogP contribution < -0.4 is 10.5 Å². The molecule has 2 aromatic rings. The Labute approximate surface area is 128 Å². The average Bonchev–Trinajstić information content (AvgIpc) is 2.81. The molecule has 0 fully saturated rings. The van der Waals surface area contributed by atoms with Gasteiger partial charge in [-0.1, -0.05) is 29.8 Å². The molecule has 1 aliphatic rings. The van der Waals surface area contributed by atoms with E-state index in [1.807, 2.05) is 19.1 Å². The molecule has 1 aliphatic heterocycles. The van der Waals surface area contributed by atoms with Gasteiger partial charge >= 0.3 is 0 Å². The minimum atomic E-state index is -0.309. The van der Waals surface area contributed by atoms with Crippen LogP contribution in [0.2, 0.25) is 5.02 Å². The zero-order chi connectivity index (χ0) is 15.0. The maximum Gasteiger partial charge on any atom is 0.127 e. The molecule has 2 N–H and O–H groups in total. The van der Waals surface area contributed by atoms with Gasteiger partial charge in [0.25, 0.3) is 0 Å². The van der Waals surface area contributed by atoms with Gasteiger partial charge in [-0.3, -0.25) is 0 Å².